The molecule has 0 radical (unpaired) electrons. The molecule has 0 aromatic rings. The van der Waals surface area contributed by atoms with Gasteiger partial charge in [0.15, 0.2) is 0 Å². The van der Waals surface area contributed by atoms with Gasteiger partial charge < -0.3 is 15.2 Å². The summed E-state index contributed by atoms with van der Waals surface area (Å²) < 4.78 is 4.77. The number of ether oxygens (including phenoxy) is 1. The van der Waals surface area contributed by atoms with Crippen molar-refractivity contribution < 1.29 is 19.4 Å². The van der Waals surface area contributed by atoms with Gasteiger partial charge in [0.05, 0.1) is 0 Å². The highest BCUT2D eigenvalue weighted by Crippen LogP contribution is 2.05. The highest BCUT2D eigenvalue weighted by molar-refractivity contribution is 5.76. The first kappa shape index (κ1) is 24.5. The molecular formula is C16H33NO4. The minimum Gasteiger partial charge on any atom is -0.480 e. The summed E-state index contributed by atoms with van der Waals surface area (Å²) in [4.78, 5) is 20.8. The Morgan fingerprint density at radius 2 is 1.76 bits per heavy atom. The number of carboxylic acid groups (broad SMARTS) is 1. The summed E-state index contributed by atoms with van der Waals surface area (Å²) in [5.41, 5.74) is -0.595. The van der Waals surface area contributed by atoms with Gasteiger partial charge in [-0.1, -0.05) is 39.7 Å². The standard InChI is InChI=1S/C7H13NO4.C7H14.C2H6/c1-7(2,3)12-6(11)8-4-5(9)10;1-3-5-7-6-4-2;1-2/h4H2,1-3H3,(H,8,11)(H,9,10);3H,1,4-7H2,2H3;1-2H3. The van der Waals surface area contributed by atoms with Crippen LogP contribution in [0.1, 0.15) is 67.2 Å². The molecule has 0 aromatic heterocycles. The molecule has 0 spiro atoms. The summed E-state index contributed by atoms with van der Waals surface area (Å²) >= 11 is 0. The van der Waals surface area contributed by atoms with E-state index in [0.717, 1.165) is 0 Å². The van der Waals surface area contributed by atoms with Gasteiger partial charge in [-0.3, -0.25) is 4.79 Å². The number of alkyl carbamates (subject to hydrolysis) is 1. The number of carboxylic acids is 1. The highest BCUT2D eigenvalue weighted by Gasteiger charge is 2.15. The Balaban J connectivity index is -0.000000307. The van der Waals surface area contributed by atoms with Crippen LogP contribution in [0.3, 0.4) is 0 Å². The Morgan fingerprint density at radius 1 is 1.24 bits per heavy atom. The van der Waals surface area contributed by atoms with Crippen LogP contribution in [0.5, 0.6) is 0 Å². The summed E-state index contributed by atoms with van der Waals surface area (Å²) in [5.74, 6) is -1.10. The molecule has 5 heteroatoms. The molecule has 0 saturated heterocycles. The summed E-state index contributed by atoms with van der Waals surface area (Å²) in [6.45, 7) is 14.5. The monoisotopic (exact) mass is 303 g/mol. The van der Waals surface area contributed by atoms with E-state index < -0.39 is 24.2 Å². The van der Waals surface area contributed by atoms with Crippen LogP contribution in [0.25, 0.3) is 0 Å². The first-order valence-corrected chi connectivity index (χ1v) is 7.52. The van der Waals surface area contributed by atoms with Crippen molar-refractivity contribution in [3.63, 3.8) is 0 Å². The van der Waals surface area contributed by atoms with Crippen LogP contribution in [0.15, 0.2) is 12.7 Å². The average molecular weight is 303 g/mol. The number of rotatable bonds is 6. The van der Waals surface area contributed by atoms with Crippen LogP contribution in [-0.4, -0.2) is 29.3 Å². The summed E-state index contributed by atoms with van der Waals surface area (Å²) in [7, 11) is 0. The fourth-order valence-corrected chi connectivity index (χ4v) is 1.00. The Labute approximate surface area is 129 Å². The average Bonchev–Trinajstić information content (AvgIpc) is 2.38. The maximum Gasteiger partial charge on any atom is 0.408 e. The van der Waals surface area contributed by atoms with Gasteiger partial charge in [0.2, 0.25) is 0 Å². The predicted octanol–water partition coefficient (Wildman–Crippen LogP) is 4.37. The van der Waals surface area contributed by atoms with Gasteiger partial charge in [0, 0.05) is 0 Å². The zero-order valence-electron chi connectivity index (χ0n) is 14.5. The van der Waals surface area contributed by atoms with E-state index in [4.69, 9.17) is 9.84 Å². The van der Waals surface area contributed by atoms with E-state index in [-0.39, 0.29) is 0 Å². The minimum absolute atomic E-state index is 0.422. The van der Waals surface area contributed by atoms with Gasteiger partial charge in [0.1, 0.15) is 12.1 Å². The molecule has 0 atom stereocenters. The molecular weight excluding hydrogens is 270 g/mol. The fraction of sp³-hybridized carbons (Fsp3) is 0.750. The smallest absolute Gasteiger partial charge is 0.408 e. The second-order valence-corrected chi connectivity index (χ2v) is 5.03. The predicted molar refractivity (Wildman–Crippen MR) is 87.6 cm³/mol. The highest BCUT2D eigenvalue weighted by atomic mass is 16.6. The van der Waals surface area contributed by atoms with Crippen molar-refractivity contribution in [1.29, 1.82) is 0 Å². The summed E-state index contributed by atoms with van der Waals surface area (Å²) in [5, 5.41) is 10.3. The number of carbonyl (C=O) groups excluding carboxylic acids is 1. The van der Waals surface area contributed by atoms with Crippen molar-refractivity contribution in [2.75, 3.05) is 6.54 Å². The van der Waals surface area contributed by atoms with Crippen LogP contribution in [0.2, 0.25) is 0 Å². The van der Waals surface area contributed by atoms with Gasteiger partial charge in [0.25, 0.3) is 0 Å². The van der Waals surface area contributed by atoms with Gasteiger partial charge in [-0.15, -0.1) is 6.58 Å². The van der Waals surface area contributed by atoms with Gasteiger partial charge >= 0.3 is 12.1 Å². The number of aliphatic carboxylic acids is 1. The van der Waals surface area contributed by atoms with Crippen LogP contribution in [-0.2, 0) is 9.53 Å². The van der Waals surface area contributed by atoms with E-state index in [1.54, 1.807) is 20.8 Å². The lowest BCUT2D eigenvalue weighted by atomic mass is 10.2. The Kier molecular flexibility index (Phi) is 19.3. The van der Waals surface area contributed by atoms with Crippen molar-refractivity contribution in [1.82, 2.24) is 5.32 Å². The third kappa shape index (κ3) is 32.2. The largest absolute Gasteiger partial charge is 0.480 e. The van der Waals surface area contributed by atoms with Gasteiger partial charge in [-0.2, -0.15) is 0 Å². The van der Waals surface area contributed by atoms with Crippen molar-refractivity contribution in [3.05, 3.63) is 12.7 Å². The number of allylic oxidation sites excluding steroid dienone is 1. The molecule has 126 valence electrons. The first-order valence-electron chi connectivity index (χ1n) is 7.52. The lowest BCUT2D eigenvalue weighted by Crippen LogP contribution is -2.35. The molecule has 0 bridgehead atoms. The molecule has 1 amide bonds. The molecule has 0 aromatic carbocycles. The van der Waals surface area contributed by atoms with Crippen LogP contribution in [0, 0.1) is 0 Å². The van der Waals surface area contributed by atoms with Gasteiger partial charge in [-0.05, 0) is 33.6 Å². The molecule has 2 N–H and O–H groups in total. The number of unbranched alkanes of at least 4 members (excludes halogenated alkanes) is 3. The van der Waals surface area contributed by atoms with E-state index in [1.807, 2.05) is 19.9 Å². The summed E-state index contributed by atoms with van der Waals surface area (Å²) in [6.07, 6.45) is 6.44. The Bertz CT molecular complexity index is 270. The van der Waals surface area contributed by atoms with E-state index >= 15 is 0 Å². The van der Waals surface area contributed by atoms with Gasteiger partial charge in [-0.25, -0.2) is 4.79 Å². The third-order valence-corrected chi connectivity index (χ3v) is 1.79. The minimum atomic E-state index is -1.10. The number of carbonyl (C=O) groups is 2. The molecule has 5 nitrogen and oxygen atoms in total. The molecule has 0 rings (SSSR count). The molecule has 0 heterocycles. The van der Waals surface area contributed by atoms with Crippen molar-refractivity contribution in [2.45, 2.75) is 72.8 Å². The maximum absolute atomic E-state index is 10.8. The van der Waals surface area contributed by atoms with Crippen LogP contribution >= 0.6 is 0 Å². The number of hydrogen-bond acceptors (Lipinski definition) is 3. The molecule has 0 aliphatic heterocycles. The zero-order valence-corrected chi connectivity index (χ0v) is 14.5. The van der Waals surface area contributed by atoms with E-state index in [1.165, 1.54) is 25.7 Å². The molecule has 21 heavy (non-hydrogen) atoms. The lowest BCUT2D eigenvalue weighted by Gasteiger charge is -2.19. The Hall–Kier alpha value is -1.52. The van der Waals surface area contributed by atoms with E-state index in [2.05, 4.69) is 18.8 Å². The quantitative estimate of drug-likeness (QED) is 0.564. The zero-order chi connectivity index (χ0) is 17.3. The summed E-state index contributed by atoms with van der Waals surface area (Å²) in [6, 6.07) is 0. The topological polar surface area (TPSA) is 75.6 Å². The Morgan fingerprint density at radius 3 is 2.10 bits per heavy atom. The second-order valence-electron chi connectivity index (χ2n) is 5.03. The fourth-order valence-electron chi connectivity index (χ4n) is 1.00. The number of amides is 1. The molecule has 0 fully saturated rings. The second kappa shape index (κ2) is 16.5. The van der Waals surface area contributed by atoms with Crippen molar-refractivity contribution in [2.24, 2.45) is 0 Å². The van der Waals surface area contributed by atoms with E-state index in [9.17, 15) is 9.59 Å². The normalized spacial score (nSPS) is 9.24. The van der Waals surface area contributed by atoms with Crippen molar-refractivity contribution >= 4 is 12.1 Å². The molecule has 0 saturated carbocycles. The van der Waals surface area contributed by atoms with Crippen LogP contribution in [0.4, 0.5) is 4.79 Å². The van der Waals surface area contributed by atoms with Crippen molar-refractivity contribution in [3.8, 4) is 0 Å². The lowest BCUT2D eigenvalue weighted by molar-refractivity contribution is -0.136. The van der Waals surface area contributed by atoms with Crippen LogP contribution < -0.4 is 5.32 Å². The SMILES string of the molecule is C=CCCCCC.CC.CC(C)(C)OC(=O)NCC(=O)O. The van der Waals surface area contributed by atoms with E-state index in [0.29, 0.717) is 0 Å². The molecule has 0 aliphatic carbocycles. The molecule has 0 unspecified atom stereocenters. The number of hydrogen-bond donors (Lipinski definition) is 2. The molecule has 0 aliphatic rings. The maximum atomic E-state index is 10.8. The number of nitrogens with one attached hydrogen (secondary N) is 1. The first-order chi connectivity index (χ1) is 9.72. The third-order valence-electron chi connectivity index (χ3n) is 1.79.